The largest absolute Gasteiger partial charge is 0.481 e. The third kappa shape index (κ3) is 4.11. The SMILES string of the molecule is CC(=O)O.Cn1ncc2ncc(C(=O)N3CCOC4(C[C@H]5CC[C@@H](C4)N5)C3)cc21. The van der Waals surface area contributed by atoms with Crippen LogP contribution in [-0.4, -0.2) is 74.0 Å². The number of piperidine rings is 1. The first-order valence-corrected chi connectivity index (χ1v) is 10.0. The summed E-state index contributed by atoms with van der Waals surface area (Å²) in [6, 6.07) is 2.98. The molecule has 2 aromatic heterocycles. The van der Waals surface area contributed by atoms with Crippen LogP contribution in [0.15, 0.2) is 18.5 Å². The normalized spacial score (nSPS) is 28.3. The lowest BCUT2D eigenvalue weighted by Gasteiger charge is -2.47. The van der Waals surface area contributed by atoms with Crippen LogP contribution in [0.2, 0.25) is 0 Å². The highest BCUT2D eigenvalue weighted by atomic mass is 16.5. The van der Waals surface area contributed by atoms with Crippen LogP contribution >= 0.6 is 0 Å². The number of carbonyl (C=O) groups excluding carboxylic acids is 1. The van der Waals surface area contributed by atoms with E-state index in [1.165, 1.54) is 12.8 Å². The number of carboxylic acids is 1. The maximum Gasteiger partial charge on any atom is 0.300 e. The first-order chi connectivity index (χ1) is 13.8. The summed E-state index contributed by atoms with van der Waals surface area (Å²) in [4.78, 5) is 28.4. The molecule has 3 fully saturated rings. The molecule has 1 unspecified atom stereocenters. The second-order valence-electron chi connectivity index (χ2n) is 8.22. The summed E-state index contributed by atoms with van der Waals surface area (Å²) in [5.41, 5.74) is 2.15. The summed E-state index contributed by atoms with van der Waals surface area (Å²) in [6.07, 6.45) is 7.85. The standard InChI is InChI=1S/C18H23N5O2.C2H4O2/c1-22-16-6-12(9-19-15(16)10-20-22)17(24)23-4-5-25-18(11-23)7-13-2-3-14(8-18)21-13;1-2(3)4/h6,9-10,13-14,21H,2-5,7-8,11H2,1H3;1H3,(H,3,4)/t13-,14+,18?;. The van der Waals surface area contributed by atoms with Crippen molar-refractivity contribution in [2.24, 2.45) is 7.05 Å². The minimum atomic E-state index is -0.833. The zero-order chi connectivity index (χ0) is 20.6. The van der Waals surface area contributed by atoms with Crippen LogP contribution in [0.4, 0.5) is 0 Å². The molecule has 5 rings (SSSR count). The number of carbonyl (C=O) groups is 2. The molecular formula is C20H27N5O4. The highest BCUT2D eigenvalue weighted by molar-refractivity contribution is 5.96. The van der Waals surface area contributed by atoms with Gasteiger partial charge < -0.3 is 20.1 Å². The predicted octanol–water partition coefficient (Wildman–Crippen LogP) is 1.18. The number of fused-ring (bicyclic) bond motifs is 3. The minimum Gasteiger partial charge on any atom is -0.481 e. The summed E-state index contributed by atoms with van der Waals surface area (Å²) in [6.45, 7) is 3.03. The third-order valence-corrected chi connectivity index (χ3v) is 5.95. The number of aromatic nitrogens is 3. The van der Waals surface area contributed by atoms with Gasteiger partial charge in [-0.05, 0) is 31.7 Å². The van der Waals surface area contributed by atoms with E-state index in [9.17, 15) is 4.79 Å². The molecule has 9 nitrogen and oxygen atoms in total. The fourth-order valence-electron chi connectivity index (χ4n) is 4.80. The second kappa shape index (κ2) is 7.72. The molecule has 156 valence electrons. The molecule has 3 saturated heterocycles. The van der Waals surface area contributed by atoms with Crippen LogP contribution in [0.1, 0.15) is 43.0 Å². The Morgan fingerprint density at radius 3 is 2.66 bits per heavy atom. The highest BCUT2D eigenvalue weighted by Gasteiger charge is 2.47. The highest BCUT2D eigenvalue weighted by Crippen LogP contribution is 2.38. The van der Waals surface area contributed by atoms with Crippen molar-refractivity contribution in [2.75, 3.05) is 19.7 Å². The molecule has 9 heteroatoms. The molecule has 29 heavy (non-hydrogen) atoms. The Morgan fingerprint density at radius 2 is 1.97 bits per heavy atom. The number of aryl methyl sites for hydroxylation is 1. The topological polar surface area (TPSA) is 110 Å². The van der Waals surface area contributed by atoms with Crippen molar-refractivity contribution in [3.8, 4) is 0 Å². The van der Waals surface area contributed by atoms with Gasteiger partial charge in [0.15, 0.2) is 0 Å². The quantitative estimate of drug-likeness (QED) is 0.738. The number of pyridine rings is 1. The van der Waals surface area contributed by atoms with Gasteiger partial charge in [-0.3, -0.25) is 19.3 Å². The van der Waals surface area contributed by atoms with Crippen LogP contribution in [0.25, 0.3) is 11.0 Å². The number of ether oxygens (including phenoxy) is 1. The molecule has 2 aromatic rings. The fraction of sp³-hybridized carbons (Fsp3) is 0.600. The molecule has 1 spiro atoms. The van der Waals surface area contributed by atoms with E-state index in [0.717, 1.165) is 30.8 Å². The van der Waals surface area contributed by atoms with Crippen molar-refractivity contribution in [3.63, 3.8) is 0 Å². The summed E-state index contributed by atoms with van der Waals surface area (Å²) in [5, 5.41) is 15.3. The Kier molecular flexibility index (Phi) is 5.26. The summed E-state index contributed by atoms with van der Waals surface area (Å²) in [5.74, 6) is -0.788. The molecule has 3 atom stereocenters. The molecule has 0 saturated carbocycles. The summed E-state index contributed by atoms with van der Waals surface area (Å²) in [7, 11) is 1.87. The Balaban J connectivity index is 0.000000472. The maximum atomic E-state index is 13.1. The van der Waals surface area contributed by atoms with E-state index in [-0.39, 0.29) is 11.5 Å². The average molecular weight is 401 g/mol. The molecule has 2 bridgehead atoms. The Hall–Kier alpha value is -2.52. The van der Waals surface area contributed by atoms with Crippen molar-refractivity contribution in [2.45, 2.75) is 50.3 Å². The van der Waals surface area contributed by atoms with Gasteiger partial charge in [0.05, 0.1) is 36.0 Å². The number of hydrogen-bond donors (Lipinski definition) is 2. The number of aliphatic carboxylic acids is 1. The van der Waals surface area contributed by atoms with Crippen LogP contribution in [0, 0.1) is 0 Å². The van der Waals surface area contributed by atoms with Gasteiger partial charge in [0, 0.05) is 38.8 Å². The number of nitrogens with one attached hydrogen (secondary N) is 1. The summed E-state index contributed by atoms with van der Waals surface area (Å²) < 4.78 is 7.97. The number of hydrogen-bond acceptors (Lipinski definition) is 6. The van der Waals surface area contributed by atoms with Crippen molar-refractivity contribution in [1.29, 1.82) is 0 Å². The predicted molar refractivity (Wildman–Crippen MR) is 106 cm³/mol. The van der Waals surface area contributed by atoms with Gasteiger partial charge in [-0.2, -0.15) is 5.10 Å². The van der Waals surface area contributed by atoms with Crippen LogP contribution in [-0.2, 0) is 16.6 Å². The van der Waals surface area contributed by atoms with Gasteiger partial charge in [-0.25, -0.2) is 0 Å². The van der Waals surface area contributed by atoms with E-state index in [1.807, 2.05) is 18.0 Å². The Morgan fingerprint density at radius 1 is 1.28 bits per heavy atom. The molecule has 2 N–H and O–H groups in total. The zero-order valence-corrected chi connectivity index (χ0v) is 16.8. The Labute approximate surface area is 169 Å². The molecule has 5 heterocycles. The van der Waals surface area contributed by atoms with Crippen molar-refractivity contribution >= 4 is 22.9 Å². The number of nitrogens with zero attached hydrogens (tertiary/aromatic N) is 4. The molecule has 0 aliphatic carbocycles. The first kappa shape index (κ1) is 19.8. The number of rotatable bonds is 1. The molecule has 0 radical (unpaired) electrons. The van der Waals surface area contributed by atoms with Crippen molar-refractivity contribution in [3.05, 3.63) is 24.0 Å². The fourth-order valence-corrected chi connectivity index (χ4v) is 4.80. The van der Waals surface area contributed by atoms with Crippen LogP contribution in [0.3, 0.4) is 0 Å². The van der Waals surface area contributed by atoms with Crippen molar-refractivity contribution < 1.29 is 19.4 Å². The monoisotopic (exact) mass is 401 g/mol. The smallest absolute Gasteiger partial charge is 0.300 e. The van der Waals surface area contributed by atoms with Gasteiger partial charge in [0.1, 0.15) is 5.52 Å². The second-order valence-corrected chi connectivity index (χ2v) is 8.22. The maximum absolute atomic E-state index is 13.1. The van der Waals surface area contributed by atoms with Gasteiger partial charge >= 0.3 is 0 Å². The van der Waals surface area contributed by atoms with E-state index < -0.39 is 5.97 Å². The van der Waals surface area contributed by atoms with Crippen LogP contribution in [0.5, 0.6) is 0 Å². The van der Waals surface area contributed by atoms with E-state index in [4.69, 9.17) is 14.6 Å². The molecule has 1 amide bonds. The lowest BCUT2D eigenvalue weighted by molar-refractivity contribution is -0.134. The minimum absolute atomic E-state index is 0.0455. The lowest BCUT2D eigenvalue weighted by Crippen LogP contribution is -2.60. The summed E-state index contributed by atoms with van der Waals surface area (Å²) >= 11 is 0. The Bertz CT molecular complexity index is 911. The van der Waals surface area contributed by atoms with Gasteiger partial charge in [0.25, 0.3) is 11.9 Å². The van der Waals surface area contributed by atoms with Gasteiger partial charge in [0.2, 0.25) is 0 Å². The molecule has 3 aliphatic rings. The number of carboxylic acid groups (broad SMARTS) is 1. The molecular weight excluding hydrogens is 374 g/mol. The third-order valence-electron chi connectivity index (χ3n) is 5.95. The van der Waals surface area contributed by atoms with E-state index >= 15 is 0 Å². The van der Waals surface area contributed by atoms with Crippen molar-refractivity contribution in [1.82, 2.24) is 25.0 Å². The molecule has 3 aliphatic heterocycles. The van der Waals surface area contributed by atoms with E-state index in [2.05, 4.69) is 15.4 Å². The van der Waals surface area contributed by atoms with Gasteiger partial charge in [-0.15, -0.1) is 0 Å². The lowest BCUT2D eigenvalue weighted by atomic mass is 9.85. The van der Waals surface area contributed by atoms with E-state index in [1.54, 1.807) is 17.1 Å². The average Bonchev–Trinajstić information content (AvgIpc) is 3.22. The van der Waals surface area contributed by atoms with E-state index in [0.29, 0.717) is 37.3 Å². The first-order valence-electron chi connectivity index (χ1n) is 10.0. The van der Waals surface area contributed by atoms with Gasteiger partial charge in [-0.1, -0.05) is 0 Å². The zero-order valence-electron chi connectivity index (χ0n) is 16.8. The number of morpholine rings is 1. The number of amides is 1. The molecule has 0 aromatic carbocycles. The van der Waals surface area contributed by atoms with Crippen LogP contribution < -0.4 is 5.32 Å².